The lowest BCUT2D eigenvalue weighted by atomic mass is 10.1. The molecule has 0 fully saturated rings. The number of carbonyl (C=O) groups is 2. The van der Waals surface area contributed by atoms with E-state index in [-0.39, 0.29) is 25.0 Å². The van der Waals surface area contributed by atoms with Gasteiger partial charge in [-0.25, -0.2) is 4.98 Å². The van der Waals surface area contributed by atoms with Crippen LogP contribution in [0.2, 0.25) is 5.02 Å². The van der Waals surface area contributed by atoms with Crippen LogP contribution >= 0.6 is 11.6 Å². The van der Waals surface area contributed by atoms with Gasteiger partial charge in [-0.1, -0.05) is 21.9 Å². The Balaban J connectivity index is 0.000000184. The van der Waals surface area contributed by atoms with Crippen LogP contribution in [0.3, 0.4) is 0 Å². The number of aliphatic carboxylic acids is 2. The van der Waals surface area contributed by atoms with Gasteiger partial charge in [0.1, 0.15) is 16.8 Å². The Bertz CT molecular complexity index is 2900. The molecular weight excluding hydrogens is 804 g/mol. The lowest BCUT2D eigenvalue weighted by Crippen LogP contribution is -2.07. The molecule has 0 amide bonds. The second-order valence-corrected chi connectivity index (χ2v) is 14.9. The number of nitriles is 1. The van der Waals surface area contributed by atoms with Crippen LogP contribution in [-0.2, 0) is 22.4 Å². The molecule has 8 aromatic rings. The molecule has 5 heterocycles. The first-order valence-electron chi connectivity index (χ1n) is 19.2. The number of benzene rings is 3. The zero-order chi connectivity index (χ0) is 43.2. The second kappa shape index (κ2) is 18.2. The topological polar surface area (TPSA) is 239 Å². The number of carboxylic acid groups (broad SMARTS) is 2. The highest BCUT2D eigenvalue weighted by Crippen LogP contribution is 2.32. The number of nitrogens with zero attached hydrogens (tertiary/aromatic N) is 6. The van der Waals surface area contributed by atoms with Gasteiger partial charge in [0, 0.05) is 56.1 Å². The van der Waals surface area contributed by atoms with E-state index in [0.29, 0.717) is 69.6 Å². The van der Waals surface area contributed by atoms with Crippen molar-refractivity contribution in [3.63, 3.8) is 0 Å². The standard InChI is InChI=1S/C23H20N4O4.C21H19ClN4O4/c1-13(2)30-20-7-4-15(10-17(20)12-24)23-26-22(27-31-23)14-3-6-19-16(9-14)11-18(25-19)5-8-21(28)29;1-11(2)29-21-16(22)9-14(10-23-21)20-25-19(26-30-20)12-3-5-17-13(7-12)8-15(24-17)4-6-18(27)28/h3-4,6-7,9-11,13,25H,5,8H2,1-2H3,(H,28,29);3,5,7-11,24H,4,6H2,1-2H3,(H,27,28). The van der Waals surface area contributed by atoms with Crippen LogP contribution in [0.25, 0.3) is 67.5 Å². The van der Waals surface area contributed by atoms with Crippen LogP contribution in [0.5, 0.6) is 11.6 Å². The van der Waals surface area contributed by atoms with Gasteiger partial charge in [-0.3, -0.25) is 9.59 Å². The fourth-order valence-electron chi connectivity index (χ4n) is 6.29. The molecule has 4 N–H and O–H groups in total. The van der Waals surface area contributed by atoms with Crippen molar-refractivity contribution in [3.8, 4) is 63.4 Å². The highest BCUT2D eigenvalue weighted by molar-refractivity contribution is 6.32. The number of H-pyrrole nitrogens is 2. The molecule has 0 spiro atoms. The molecule has 0 radical (unpaired) electrons. The number of fused-ring (bicyclic) bond motifs is 2. The molecular formula is C44H39ClN8O8. The minimum absolute atomic E-state index is 0.0381. The summed E-state index contributed by atoms with van der Waals surface area (Å²) < 4.78 is 22.0. The number of aromatic nitrogens is 7. The number of pyridine rings is 1. The van der Waals surface area contributed by atoms with E-state index in [1.165, 1.54) is 0 Å². The van der Waals surface area contributed by atoms with Crippen LogP contribution in [0, 0.1) is 11.3 Å². The summed E-state index contributed by atoms with van der Waals surface area (Å²) >= 11 is 6.24. The Morgan fingerprint density at radius 2 is 1.25 bits per heavy atom. The Kier molecular flexibility index (Phi) is 12.4. The first-order chi connectivity index (χ1) is 29.3. The molecule has 5 aromatic heterocycles. The monoisotopic (exact) mass is 842 g/mol. The van der Waals surface area contributed by atoms with Gasteiger partial charge in [-0.05, 0) is 113 Å². The fraction of sp³-hybridized carbons (Fsp3) is 0.227. The lowest BCUT2D eigenvalue weighted by molar-refractivity contribution is -0.138. The maximum absolute atomic E-state index is 10.8. The maximum atomic E-state index is 10.8. The smallest absolute Gasteiger partial charge is 0.303 e. The number of rotatable bonds is 14. The van der Waals surface area contributed by atoms with Crippen molar-refractivity contribution in [2.24, 2.45) is 0 Å². The van der Waals surface area contributed by atoms with Crippen molar-refractivity contribution in [2.75, 3.05) is 0 Å². The van der Waals surface area contributed by atoms with E-state index >= 15 is 0 Å². The number of hydrogen-bond acceptors (Lipinski definition) is 12. The largest absolute Gasteiger partial charge is 0.490 e. The Morgan fingerprint density at radius 3 is 1.74 bits per heavy atom. The van der Waals surface area contributed by atoms with Gasteiger partial charge in [-0.15, -0.1) is 0 Å². The van der Waals surface area contributed by atoms with E-state index in [9.17, 15) is 14.9 Å². The molecule has 61 heavy (non-hydrogen) atoms. The normalized spacial score (nSPS) is 11.2. The van der Waals surface area contributed by atoms with E-state index in [4.69, 9.17) is 40.3 Å². The molecule has 0 atom stereocenters. The van der Waals surface area contributed by atoms with Crippen molar-refractivity contribution in [1.82, 2.24) is 35.2 Å². The Morgan fingerprint density at radius 1 is 0.721 bits per heavy atom. The number of halogens is 1. The van der Waals surface area contributed by atoms with Gasteiger partial charge in [0.15, 0.2) is 0 Å². The second-order valence-electron chi connectivity index (χ2n) is 14.5. The third-order valence-corrected chi connectivity index (χ3v) is 9.32. The molecule has 0 aliphatic carbocycles. The first-order valence-corrected chi connectivity index (χ1v) is 19.6. The van der Waals surface area contributed by atoms with E-state index < -0.39 is 11.9 Å². The highest BCUT2D eigenvalue weighted by atomic mass is 35.5. The summed E-state index contributed by atoms with van der Waals surface area (Å²) in [5.74, 6) is 0.661. The van der Waals surface area contributed by atoms with E-state index in [1.54, 1.807) is 30.5 Å². The predicted molar refractivity (Wildman–Crippen MR) is 225 cm³/mol. The third-order valence-electron chi connectivity index (χ3n) is 9.05. The van der Waals surface area contributed by atoms with Crippen LogP contribution in [0.1, 0.15) is 57.5 Å². The number of carboxylic acids is 2. The molecule has 0 saturated heterocycles. The Hall–Kier alpha value is -7.51. The van der Waals surface area contributed by atoms with Crippen LogP contribution in [-0.4, -0.2) is 69.6 Å². The summed E-state index contributed by atoms with van der Waals surface area (Å²) in [6.45, 7) is 7.59. The zero-order valence-electron chi connectivity index (χ0n) is 33.4. The van der Waals surface area contributed by atoms with E-state index in [1.807, 2.05) is 76.2 Å². The summed E-state index contributed by atoms with van der Waals surface area (Å²) in [7, 11) is 0. The average Bonchev–Trinajstić information content (AvgIpc) is 4.06. The molecule has 16 nitrogen and oxygen atoms in total. The summed E-state index contributed by atoms with van der Waals surface area (Å²) in [6.07, 6.45) is 2.51. The molecule has 8 rings (SSSR count). The summed E-state index contributed by atoms with van der Waals surface area (Å²) in [4.78, 5) is 41.2. The SMILES string of the molecule is CC(C)Oc1ccc(-c2nc(-c3ccc4[nH]c(CCC(=O)O)cc4c3)no2)cc1C#N.CC(C)Oc1ncc(-c2nc(-c3ccc4[nH]c(CCC(=O)O)cc4c3)no2)cc1Cl. The minimum Gasteiger partial charge on any atom is -0.490 e. The first kappa shape index (κ1) is 41.6. The molecule has 0 aliphatic heterocycles. The van der Waals surface area contributed by atoms with Gasteiger partial charge < -0.3 is 38.7 Å². The molecule has 0 saturated carbocycles. The lowest BCUT2D eigenvalue weighted by Gasteiger charge is -2.11. The zero-order valence-corrected chi connectivity index (χ0v) is 34.1. The van der Waals surface area contributed by atoms with Crippen molar-refractivity contribution >= 4 is 45.3 Å². The number of hydrogen-bond donors (Lipinski definition) is 4. The summed E-state index contributed by atoms with van der Waals surface area (Å²) in [5, 5.41) is 37.5. The van der Waals surface area contributed by atoms with Crippen LogP contribution in [0.4, 0.5) is 0 Å². The van der Waals surface area contributed by atoms with Crippen molar-refractivity contribution in [3.05, 3.63) is 101 Å². The Labute approximate surface area is 353 Å². The van der Waals surface area contributed by atoms with Crippen LogP contribution in [0.15, 0.2) is 88.0 Å². The number of ether oxygens (including phenoxy) is 2. The van der Waals surface area contributed by atoms with Gasteiger partial charge in [0.05, 0.1) is 36.2 Å². The summed E-state index contributed by atoms with van der Waals surface area (Å²) in [6, 6.07) is 24.2. The van der Waals surface area contributed by atoms with Crippen molar-refractivity contribution in [2.45, 2.75) is 65.6 Å². The van der Waals surface area contributed by atoms with E-state index in [2.05, 4.69) is 41.3 Å². The highest BCUT2D eigenvalue weighted by Gasteiger charge is 2.17. The number of nitrogens with one attached hydrogen (secondary N) is 2. The molecule has 17 heteroatoms. The van der Waals surface area contributed by atoms with Crippen molar-refractivity contribution in [1.29, 1.82) is 5.26 Å². The van der Waals surface area contributed by atoms with Gasteiger partial charge >= 0.3 is 11.9 Å². The average molecular weight is 843 g/mol. The molecule has 0 bridgehead atoms. The minimum atomic E-state index is -0.831. The number of aromatic amines is 2. The maximum Gasteiger partial charge on any atom is 0.303 e. The van der Waals surface area contributed by atoms with Gasteiger partial charge in [0.25, 0.3) is 11.8 Å². The predicted octanol–water partition coefficient (Wildman–Crippen LogP) is 9.30. The van der Waals surface area contributed by atoms with E-state index in [0.717, 1.165) is 44.3 Å². The van der Waals surface area contributed by atoms with Gasteiger partial charge in [-0.2, -0.15) is 15.2 Å². The third kappa shape index (κ3) is 10.2. The van der Waals surface area contributed by atoms with Crippen LogP contribution < -0.4 is 9.47 Å². The fourth-order valence-corrected chi connectivity index (χ4v) is 6.50. The van der Waals surface area contributed by atoms with Crippen molar-refractivity contribution < 1.29 is 38.3 Å². The summed E-state index contributed by atoms with van der Waals surface area (Å²) in [5.41, 5.74) is 6.71. The molecule has 0 unspecified atom stereocenters. The molecule has 3 aromatic carbocycles. The molecule has 310 valence electrons. The number of aryl methyl sites for hydroxylation is 2. The molecule has 0 aliphatic rings. The quantitative estimate of drug-likeness (QED) is 0.0798. The van der Waals surface area contributed by atoms with Gasteiger partial charge in [0.2, 0.25) is 17.5 Å².